The molecule has 0 aliphatic carbocycles. The summed E-state index contributed by atoms with van der Waals surface area (Å²) in [6, 6.07) is 2.35. The molecule has 72 valence electrons. The molecule has 0 aliphatic rings. The highest BCUT2D eigenvalue weighted by molar-refractivity contribution is 5.11. The highest BCUT2D eigenvalue weighted by Crippen LogP contribution is 2.27. The van der Waals surface area contributed by atoms with Crippen molar-refractivity contribution in [3.63, 3.8) is 0 Å². The predicted octanol–water partition coefficient (Wildman–Crippen LogP) is 2.57. The Morgan fingerprint density at radius 2 is 1.62 bits per heavy atom. The van der Waals surface area contributed by atoms with E-state index in [4.69, 9.17) is 0 Å². The largest absolute Gasteiger partial charge is 0.416 e. The lowest BCUT2D eigenvalue weighted by Crippen LogP contribution is -2.35. The molecule has 0 unspecified atom stereocenters. The Balaban J connectivity index is 2.94. The molecule has 0 aliphatic heterocycles. The fraction of sp³-hybridized carbons (Fsp3) is 0.444. The van der Waals surface area contributed by atoms with Crippen molar-refractivity contribution in [2.24, 2.45) is 0 Å². The summed E-state index contributed by atoms with van der Waals surface area (Å²) in [5, 5.41) is 0. The standard InChI is InChI=1S/C9H11F3N/c1-7(2)13-5-3-8(4-6-13)9(10,11)12/h3-7H,1-2H3/q+1. The van der Waals surface area contributed by atoms with Crippen LogP contribution in [0, 0.1) is 0 Å². The Morgan fingerprint density at radius 3 is 1.92 bits per heavy atom. The summed E-state index contributed by atoms with van der Waals surface area (Å²) in [7, 11) is 0. The molecule has 0 amide bonds. The zero-order valence-electron chi connectivity index (χ0n) is 7.47. The van der Waals surface area contributed by atoms with E-state index >= 15 is 0 Å². The lowest BCUT2D eigenvalue weighted by molar-refractivity contribution is -0.716. The van der Waals surface area contributed by atoms with E-state index in [0.717, 1.165) is 12.1 Å². The van der Waals surface area contributed by atoms with Gasteiger partial charge in [-0.1, -0.05) is 0 Å². The summed E-state index contributed by atoms with van der Waals surface area (Å²) in [4.78, 5) is 0. The van der Waals surface area contributed by atoms with Gasteiger partial charge in [-0.3, -0.25) is 0 Å². The van der Waals surface area contributed by atoms with Crippen molar-refractivity contribution >= 4 is 0 Å². The van der Waals surface area contributed by atoms with E-state index in [1.807, 2.05) is 13.8 Å². The van der Waals surface area contributed by atoms with Crippen molar-refractivity contribution in [1.82, 2.24) is 0 Å². The molecule has 0 bridgehead atoms. The van der Waals surface area contributed by atoms with Crippen LogP contribution in [0.1, 0.15) is 25.5 Å². The number of hydrogen-bond acceptors (Lipinski definition) is 0. The maximum atomic E-state index is 12.1. The van der Waals surface area contributed by atoms with E-state index in [9.17, 15) is 13.2 Å². The average Bonchev–Trinajstić information content (AvgIpc) is 2.03. The third-order valence-electron chi connectivity index (χ3n) is 1.78. The molecule has 1 nitrogen and oxygen atoms in total. The minimum absolute atomic E-state index is 0.183. The van der Waals surface area contributed by atoms with E-state index in [-0.39, 0.29) is 6.04 Å². The molecular weight excluding hydrogens is 179 g/mol. The van der Waals surface area contributed by atoms with Gasteiger partial charge in [0.15, 0.2) is 18.4 Å². The number of halogens is 3. The second-order valence-corrected chi connectivity index (χ2v) is 3.13. The quantitative estimate of drug-likeness (QED) is 0.599. The first-order valence-corrected chi connectivity index (χ1v) is 3.99. The number of pyridine rings is 1. The van der Waals surface area contributed by atoms with Gasteiger partial charge in [0.2, 0.25) is 0 Å². The van der Waals surface area contributed by atoms with Crippen LogP contribution in [0.15, 0.2) is 24.5 Å². The van der Waals surface area contributed by atoms with Crippen LogP contribution in [0.5, 0.6) is 0 Å². The second-order valence-electron chi connectivity index (χ2n) is 3.13. The van der Waals surface area contributed by atoms with Crippen LogP contribution in [0.3, 0.4) is 0 Å². The zero-order valence-corrected chi connectivity index (χ0v) is 7.47. The van der Waals surface area contributed by atoms with Crippen molar-refractivity contribution < 1.29 is 17.7 Å². The normalized spacial score (nSPS) is 12.2. The molecule has 4 heteroatoms. The molecule has 1 rings (SSSR count). The summed E-state index contributed by atoms with van der Waals surface area (Å²) in [5.41, 5.74) is -0.607. The molecule has 0 fully saturated rings. The van der Waals surface area contributed by atoms with Crippen LogP contribution in [-0.2, 0) is 6.18 Å². The molecule has 0 aromatic carbocycles. The molecule has 1 aromatic heterocycles. The Morgan fingerprint density at radius 1 is 1.15 bits per heavy atom. The van der Waals surface area contributed by atoms with Gasteiger partial charge in [-0.05, 0) is 13.8 Å². The van der Waals surface area contributed by atoms with Crippen molar-refractivity contribution in [2.75, 3.05) is 0 Å². The Bertz CT molecular complexity index is 274. The van der Waals surface area contributed by atoms with Crippen molar-refractivity contribution in [3.8, 4) is 0 Å². The van der Waals surface area contributed by atoms with Gasteiger partial charge >= 0.3 is 6.18 Å². The van der Waals surface area contributed by atoms with E-state index in [2.05, 4.69) is 0 Å². The predicted molar refractivity (Wildman–Crippen MR) is 42.0 cm³/mol. The molecule has 0 N–H and O–H groups in total. The summed E-state index contributed by atoms with van der Waals surface area (Å²) < 4.78 is 38.1. The third kappa shape index (κ3) is 2.44. The minimum Gasteiger partial charge on any atom is -0.203 e. The molecule has 1 aromatic rings. The topological polar surface area (TPSA) is 3.88 Å². The number of rotatable bonds is 1. The van der Waals surface area contributed by atoms with Crippen LogP contribution in [0.25, 0.3) is 0 Å². The monoisotopic (exact) mass is 190 g/mol. The molecule has 1 heterocycles. The van der Waals surface area contributed by atoms with E-state index in [0.29, 0.717) is 0 Å². The fourth-order valence-corrected chi connectivity index (χ4v) is 0.971. The maximum Gasteiger partial charge on any atom is 0.416 e. The van der Waals surface area contributed by atoms with Crippen molar-refractivity contribution in [2.45, 2.75) is 26.1 Å². The van der Waals surface area contributed by atoms with Crippen molar-refractivity contribution in [3.05, 3.63) is 30.1 Å². The van der Waals surface area contributed by atoms with Gasteiger partial charge in [0.25, 0.3) is 0 Å². The Labute approximate surface area is 74.8 Å². The first-order chi connectivity index (χ1) is 5.91. The molecule has 0 radical (unpaired) electrons. The van der Waals surface area contributed by atoms with E-state index < -0.39 is 11.7 Å². The Kier molecular flexibility index (Phi) is 2.59. The highest BCUT2D eigenvalue weighted by Gasteiger charge is 2.31. The lowest BCUT2D eigenvalue weighted by atomic mass is 10.2. The number of nitrogens with zero attached hydrogens (tertiary/aromatic N) is 1. The van der Waals surface area contributed by atoms with Gasteiger partial charge in [-0.25, -0.2) is 4.57 Å². The zero-order chi connectivity index (χ0) is 10.1. The number of hydrogen-bond donors (Lipinski definition) is 0. The highest BCUT2D eigenvalue weighted by atomic mass is 19.4. The molecular formula is C9H11F3N+. The summed E-state index contributed by atoms with van der Waals surface area (Å²) >= 11 is 0. The van der Waals surface area contributed by atoms with Crippen LogP contribution in [0.2, 0.25) is 0 Å². The Hall–Kier alpha value is -1.06. The fourth-order valence-electron chi connectivity index (χ4n) is 0.971. The van der Waals surface area contributed by atoms with Crippen LogP contribution in [0.4, 0.5) is 13.2 Å². The van der Waals surface area contributed by atoms with Gasteiger partial charge < -0.3 is 0 Å². The SMILES string of the molecule is CC(C)[n+]1ccc(C(F)(F)F)cc1. The van der Waals surface area contributed by atoms with E-state index in [1.165, 1.54) is 12.4 Å². The summed E-state index contributed by atoms with van der Waals surface area (Å²) in [6.45, 7) is 3.82. The van der Waals surface area contributed by atoms with Crippen molar-refractivity contribution in [1.29, 1.82) is 0 Å². The average molecular weight is 190 g/mol. The molecule has 0 atom stereocenters. The van der Waals surface area contributed by atoms with Gasteiger partial charge in [-0.15, -0.1) is 0 Å². The first kappa shape index (κ1) is 10.0. The minimum atomic E-state index is -4.24. The number of aromatic nitrogens is 1. The van der Waals surface area contributed by atoms with Gasteiger partial charge in [0, 0.05) is 12.1 Å². The van der Waals surface area contributed by atoms with Crippen LogP contribution >= 0.6 is 0 Å². The van der Waals surface area contributed by atoms with Crippen LogP contribution in [-0.4, -0.2) is 0 Å². The third-order valence-corrected chi connectivity index (χ3v) is 1.78. The molecule has 13 heavy (non-hydrogen) atoms. The second kappa shape index (κ2) is 3.36. The van der Waals surface area contributed by atoms with Gasteiger partial charge in [-0.2, -0.15) is 13.2 Å². The smallest absolute Gasteiger partial charge is 0.203 e. The lowest BCUT2D eigenvalue weighted by Gasteiger charge is -2.05. The number of alkyl halides is 3. The molecule has 0 saturated carbocycles. The summed E-state index contributed by atoms with van der Waals surface area (Å²) in [6.07, 6.45) is -1.36. The van der Waals surface area contributed by atoms with Gasteiger partial charge in [0.05, 0.1) is 5.56 Å². The van der Waals surface area contributed by atoms with Gasteiger partial charge in [0.1, 0.15) is 0 Å². The summed E-state index contributed by atoms with van der Waals surface area (Å²) in [5.74, 6) is 0. The molecule has 0 saturated heterocycles. The van der Waals surface area contributed by atoms with Crippen LogP contribution < -0.4 is 4.57 Å². The van der Waals surface area contributed by atoms with E-state index in [1.54, 1.807) is 4.57 Å². The maximum absolute atomic E-state index is 12.1. The molecule has 0 spiro atoms. The first-order valence-electron chi connectivity index (χ1n) is 3.99.